The molecule has 0 saturated heterocycles. The van der Waals surface area contributed by atoms with Gasteiger partial charge in [0.2, 0.25) is 0 Å². The number of aromatic nitrogens is 1. The molecule has 0 unspecified atom stereocenters. The summed E-state index contributed by atoms with van der Waals surface area (Å²) >= 11 is 0. The van der Waals surface area contributed by atoms with Crippen LogP contribution in [0.25, 0.3) is 22.2 Å². The topological polar surface area (TPSA) is 81.7 Å². The number of nitrogens with one attached hydrogen (secondary N) is 2. The van der Waals surface area contributed by atoms with Crippen LogP contribution in [0.4, 0.5) is 20.6 Å². The molecule has 0 aliphatic carbocycles. The van der Waals surface area contributed by atoms with Crippen molar-refractivity contribution in [3.8, 4) is 28.5 Å². The van der Waals surface area contributed by atoms with E-state index in [0.29, 0.717) is 59.7 Å². The molecule has 0 fully saturated rings. The van der Waals surface area contributed by atoms with Gasteiger partial charge in [0.05, 0.1) is 17.8 Å². The second-order valence-electron chi connectivity index (χ2n) is 7.62. The Bertz CT molecular complexity index is 1360. The minimum atomic E-state index is -0.398. The zero-order valence-corrected chi connectivity index (χ0v) is 18.4. The third-order valence-electron chi connectivity index (χ3n) is 5.27. The fourth-order valence-electron chi connectivity index (χ4n) is 3.73. The first-order valence-corrected chi connectivity index (χ1v) is 10.9. The average Bonchev–Trinajstić information content (AvgIpc) is 2.84. The molecule has 1 aromatic heterocycles. The zero-order chi connectivity index (χ0) is 23.5. The molecule has 3 aromatic carbocycles. The molecule has 172 valence electrons. The maximum Gasteiger partial charge on any atom is 0.323 e. The van der Waals surface area contributed by atoms with E-state index in [1.54, 1.807) is 36.4 Å². The standard InChI is InChI=1S/C26H22FN3O4/c1-2-32-24-15-22(16-3-5-17(27)6-4-16)30-21-9-7-18(13-20(21)24)28-26(31)29-19-8-10-23-25(14-19)34-12-11-33-23/h3-10,13-15H,2,11-12H2,1H3,(H2,28,29,31). The molecule has 2 heterocycles. The van der Waals surface area contributed by atoms with Crippen LogP contribution in [0.2, 0.25) is 0 Å². The summed E-state index contributed by atoms with van der Waals surface area (Å²) in [4.78, 5) is 17.3. The van der Waals surface area contributed by atoms with Gasteiger partial charge in [0.1, 0.15) is 24.8 Å². The molecule has 1 aliphatic rings. The van der Waals surface area contributed by atoms with E-state index in [-0.39, 0.29) is 5.82 Å². The number of hydrogen-bond donors (Lipinski definition) is 2. The van der Waals surface area contributed by atoms with Crippen LogP contribution >= 0.6 is 0 Å². The molecule has 0 radical (unpaired) electrons. The van der Waals surface area contributed by atoms with E-state index in [1.807, 2.05) is 25.1 Å². The number of fused-ring (bicyclic) bond motifs is 2. The zero-order valence-electron chi connectivity index (χ0n) is 18.4. The van der Waals surface area contributed by atoms with E-state index in [9.17, 15) is 9.18 Å². The minimum absolute atomic E-state index is 0.306. The van der Waals surface area contributed by atoms with Crippen LogP contribution in [0.3, 0.4) is 0 Å². The lowest BCUT2D eigenvalue weighted by Crippen LogP contribution is -2.20. The molecule has 2 amide bonds. The number of pyridine rings is 1. The normalized spacial score (nSPS) is 12.3. The molecule has 2 N–H and O–H groups in total. The number of halogens is 1. The van der Waals surface area contributed by atoms with E-state index >= 15 is 0 Å². The Morgan fingerprint density at radius 2 is 1.65 bits per heavy atom. The van der Waals surface area contributed by atoms with Gasteiger partial charge in [-0.3, -0.25) is 0 Å². The number of hydrogen-bond acceptors (Lipinski definition) is 5. The number of carbonyl (C=O) groups is 1. The Morgan fingerprint density at radius 3 is 2.41 bits per heavy atom. The summed E-state index contributed by atoms with van der Waals surface area (Å²) in [6, 6.07) is 18.2. The molecule has 0 spiro atoms. The number of anilines is 2. The molecule has 5 rings (SSSR count). The van der Waals surface area contributed by atoms with Crippen molar-refractivity contribution in [2.75, 3.05) is 30.5 Å². The van der Waals surface area contributed by atoms with Gasteiger partial charge < -0.3 is 24.8 Å². The van der Waals surface area contributed by atoms with Crippen molar-refractivity contribution in [1.82, 2.24) is 4.98 Å². The van der Waals surface area contributed by atoms with Crippen molar-refractivity contribution >= 4 is 28.3 Å². The van der Waals surface area contributed by atoms with Crippen molar-refractivity contribution in [3.05, 3.63) is 72.5 Å². The largest absolute Gasteiger partial charge is 0.493 e. The van der Waals surface area contributed by atoms with E-state index in [2.05, 4.69) is 10.6 Å². The summed E-state index contributed by atoms with van der Waals surface area (Å²) in [6.07, 6.45) is 0. The predicted octanol–water partition coefficient (Wildman–Crippen LogP) is 5.85. The van der Waals surface area contributed by atoms with Gasteiger partial charge in [0, 0.05) is 34.5 Å². The number of rotatable bonds is 5. The smallest absolute Gasteiger partial charge is 0.323 e. The molecule has 7 nitrogen and oxygen atoms in total. The Balaban J connectivity index is 1.38. The van der Waals surface area contributed by atoms with Crippen LogP contribution in [0.5, 0.6) is 17.2 Å². The van der Waals surface area contributed by atoms with Gasteiger partial charge >= 0.3 is 6.03 Å². The van der Waals surface area contributed by atoms with Crippen LogP contribution in [-0.4, -0.2) is 30.8 Å². The Labute approximate surface area is 195 Å². The highest BCUT2D eigenvalue weighted by molar-refractivity contribution is 6.01. The highest BCUT2D eigenvalue weighted by Gasteiger charge is 2.14. The monoisotopic (exact) mass is 459 g/mol. The highest BCUT2D eigenvalue weighted by Crippen LogP contribution is 2.34. The first-order chi connectivity index (χ1) is 16.6. The van der Waals surface area contributed by atoms with Gasteiger partial charge in [-0.25, -0.2) is 14.2 Å². The second kappa shape index (κ2) is 9.27. The lowest BCUT2D eigenvalue weighted by Gasteiger charge is -2.19. The summed E-state index contributed by atoms with van der Waals surface area (Å²) in [5.41, 5.74) is 3.32. The Kier molecular flexibility index (Phi) is 5.86. The van der Waals surface area contributed by atoms with Crippen LogP contribution in [0.1, 0.15) is 6.92 Å². The lowest BCUT2D eigenvalue weighted by atomic mass is 10.1. The molecule has 0 bridgehead atoms. The number of carbonyl (C=O) groups excluding carboxylic acids is 1. The van der Waals surface area contributed by atoms with Crippen LogP contribution < -0.4 is 24.8 Å². The van der Waals surface area contributed by atoms with E-state index in [0.717, 1.165) is 10.9 Å². The fraction of sp³-hybridized carbons (Fsp3) is 0.154. The van der Waals surface area contributed by atoms with Gasteiger partial charge in [-0.1, -0.05) is 0 Å². The fourth-order valence-corrected chi connectivity index (χ4v) is 3.73. The van der Waals surface area contributed by atoms with E-state index in [1.165, 1.54) is 12.1 Å². The molecule has 8 heteroatoms. The summed E-state index contributed by atoms with van der Waals surface area (Å²) in [5.74, 6) is 1.57. The van der Waals surface area contributed by atoms with Crippen LogP contribution in [0.15, 0.2) is 66.7 Å². The number of ether oxygens (including phenoxy) is 3. The molecule has 34 heavy (non-hydrogen) atoms. The van der Waals surface area contributed by atoms with Crippen molar-refractivity contribution in [2.24, 2.45) is 0 Å². The van der Waals surface area contributed by atoms with Crippen molar-refractivity contribution in [3.63, 3.8) is 0 Å². The Hall–Kier alpha value is -4.33. The Morgan fingerprint density at radius 1 is 0.941 bits per heavy atom. The third kappa shape index (κ3) is 4.56. The van der Waals surface area contributed by atoms with Gasteiger partial charge in [0.15, 0.2) is 11.5 Å². The van der Waals surface area contributed by atoms with Crippen LogP contribution in [-0.2, 0) is 0 Å². The molecular formula is C26H22FN3O4. The molecule has 4 aromatic rings. The molecular weight excluding hydrogens is 437 g/mol. The van der Waals surface area contributed by atoms with Gasteiger partial charge in [-0.05, 0) is 61.5 Å². The lowest BCUT2D eigenvalue weighted by molar-refractivity contribution is 0.171. The summed E-state index contributed by atoms with van der Waals surface area (Å²) in [5, 5.41) is 6.39. The van der Waals surface area contributed by atoms with Crippen LogP contribution in [0, 0.1) is 5.82 Å². The number of benzene rings is 3. The quantitative estimate of drug-likeness (QED) is 0.391. The highest BCUT2D eigenvalue weighted by atomic mass is 19.1. The van der Waals surface area contributed by atoms with Gasteiger partial charge in [-0.15, -0.1) is 0 Å². The summed E-state index contributed by atoms with van der Waals surface area (Å²) in [6.45, 7) is 3.34. The predicted molar refractivity (Wildman–Crippen MR) is 128 cm³/mol. The molecule has 1 aliphatic heterocycles. The summed E-state index contributed by atoms with van der Waals surface area (Å²) in [7, 11) is 0. The number of nitrogens with zero attached hydrogens (tertiary/aromatic N) is 1. The first kappa shape index (κ1) is 21.5. The second-order valence-corrected chi connectivity index (χ2v) is 7.62. The maximum atomic E-state index is 13.3. The first-order valence-electron chi connectivity index (χ1n) is 10.9. The van der Waals surface area contributed by atoms with E-state index in [4.69, 9.17) is 19.2 Å². The van der Waals surface area contributed by atoms with Gasteiger partial charge in [0.25, 0.3) is 0 Å². The van der Waals surface area contributed by atoms with E-state index < -0.39 is 6.03 Å². The van der Waals surface area contributed by atoms with Gasteiger partial charge in [-0.2, -0.15) is 0 Å². The van der Waals surface area contributed by atoms with Crippen molar-refractivity contribution < 1.29 is 23.4 Å². The minimum Gasteiger partial charge on any atom is -0.493 e. The summed E-state index contributed by atoms with van der Waals surface area (Å²) < 4.78 is 30.2. The number of urea groups is 1. The molecule has 0 saturated carbocycles. The van der Waals surface area contributed by atoms with Crippen molar-refractivity contribution in [1.29, 1.82) is 0 Å². The average molecular weight is 459 g/mol. The SMILES string of the molecule is CCOc1cc(-c2ccc(F)cc2)nc2ccc(NC(=O)Nc3ccc4c(c3)OCCO4)cc12. The third-order valence-corrected chi connectivity index (χ3v) is 5.27. The molecule has 0 atom stereocenters. The number of amides is 2. The maximum absolute atomic E-state index is 13.3. The van der Waals surface area contributed by atoms with Crippen molar-refractivity contribution in [2.45, 2.75) is 6.92 Å².